The van der Waals surface area contributed by atoms with Gasteiger partial charge in [0.05, 0.1) is 35.2 Å². The molecule has 0 fully saturated rings. The SMILES string of the molecule is CCC(C)C(NC(=O)c1ccc(-n2ccnn2)cc1)c1nc2ccccc2[nH]1. The van der Waals surface area contributed by atoms with E-state index in [2.05, 4.69) is 39.4 Å². The quantitative estimate of drug-likeness (QED) is 0.539. The predicted octanol–water partition coefficient (Wildman–Crippen LogP) is 3.66. The summed E-state index contributed by atoms with van der Waals surface area (Å²) in [5.74, 6) is 0.887. The highest BCUT2D eigenvalue weighted by molar-refractivity contribution is 5.94. The number of rotatable bonds is 6. The molecule has 0 saturated carbocycles. The van der Waals surface area contributed by atoms with E-state index < -0.39 is 0 Å². The van der Waals surface area contributed by atoms with Crippen molar-refractivity contribution in [1.82, 2.24) is 30.3 Å². The highest BCUT2D eigenvalue weighted by Gasteiger charge is 2.24. The molecule has 2 aromatic heterocycles. The normalized spacial score (nSPS) is 13.4. The zero-order valence-corrected chi connectivity index (χ0v) is 15.8. The summed E-state index contributed by atoms with van der Waals surface area (Å²) in [5.41, 5.74) is 3.31. The second-order valence-corrected chi connectivity index (χ2v) is 6.87. The Morgan fingerprint density at radius 1 is 1.18 bits per heavy atom. The highest BCUT2D eigenvalue weighted by atomic mass is 16.1. The lowest BCUT2D eigenvalue weighted by atomic mass is 9.98. The van der Waals surface area contributed by atoms with Gasteiger partial charge in [-0.1, -0.05) is 37.6 Å². The Hall–Kier alpha value is -3.48. The minimum absolute atomic E-state index is 0.129. The predicted molar refractivity (Wildman–Crippen MR) is 107 cm³/mol. The molecular weight excluding hydrogens is 352 g/mol. The molecule has 2 aromatic carbocycles. The molecule has 0 saturated heterocycles. The monoisotopic (exact) mass is 374 g/mol. The lowest BCUT2D eigenvalue weighted by Crippen LogP contribution is -2.33. The van der Waals surface area contributed by atoms with Crippen molar-refractivity contribution in [3.05, 3.63) is 72.3 Å². The summed E-state index contributed by atoms with van der Waals surface area (Å²) in [5, 5.41) is 10.9. The van der Waals surface area contributed by atoms with Gasteiger partial charge in [-0.15, -0.1) is 5.10 Å². The van der Waals surface area contributed by atoms with Crippen molar-refractivity contribution in [3.8, 4) is 5.69 Å². The topological polar surface area (TPSA) is 88.5 Å². The molecule has 4 rings (SSSR count). The van der Waals surface area contributed by atoms with E-state index in [-0.39, 0.29) is 17.9 Å². The van der Waals surface area contributed by atoms with Crippen LogP contribution in [0.25, 0.3) is 16.7 Å². The molecule has 7 nitrogen and oxygen atoms in total. The van der Waals surface area contributed by atoms with Gasteiger partial charge < -0.3 is 10.3 Å². The fourth-order valence-electron chi connectivity index (χ4n) is 3.17. The van der Waals surface area contributed by atoms with E-state index in [1.54, 1.807) is 29.2 Å². The maximum absolute atomic E-state index is 12.9. The second-order valence-electron chi connectivity index (χ2n) is 6.87. The number of amides is 1. The number of imidazole rings is 1. The van der Waals surface area contributed by atoms with E-state index in [4.69, 9.17) is 0 Å². The number of fused-ring (bicyclic) bond motifs is 1. The Morgan fingerprint density at radius 3 is 2.64 bits per heavy atom. The molecule has 0 spiro atoms. The number of carbonyl (C=O) groups excluding carboxylic acids is 1. The Labute approximate surface area is 162 Å². The minimum Gasteiger partial charge on any atom is -0.342 e. The first-order valence-electron chi connectivity index (χ1n) is 9.38. The third kappa shape index (κ3) is 3.51. The number of aromatic amines is 1. The van der Waals surface area contributed by atoms with E-state index in [1.807, 2.05) is 36.4 Å². The number of para-hydroxylation sites is 2. The molecule has 0 aliphatic rings. The molecule has 142 valence electrons. The number of aromatic nitrogens is 5. The number of nitrogens with zero attached hydrogens (tertiary/aromatic N) is 4. The van der Waals surface area contributed by atoms with Crippen LogP contribution in [0.3, 0.4) is 0 Å². The Balaban J connectivity index is 1.57. The van der Waals surface area contributed by atoms with Crippen LogP contribution in [0.4, 0.5) is 0 Å². The molecule has 28 heavy (non-hydrogen) atoms. The summed E-state index contributed by atoms with van der Waals surface area (Å²) in [6.45, 7) is 4.23. The van der Waals surface area contributed by atoms with Crippen LogP contribution in [0.5, 0.6) is 0 Å². The fourth-order valence-corrected chi connectivity index (χ4v) is 3.17. The minimum atomic E-state index is -0.195. The van der Waals surface area contributed by atoms with E-state index in [0.717, 1.165) is 29.0 Å². The molecule has 2 atom stereocenters. The van der Waals surface area contributed by atoms with Gasteiger partial charge in [-0.25, -0.2) is 9.67 Å². The zero-order valence-electron chi connectivity index (χ0n) is 15.8. The summed E-state index contributed by atoms with van der Waals surface area (Å²) >= 11 is 0. The summed E-state index contributed by atoms with van der Waals surface area (Å²) < 4.78 is 1.65. The molecule has 1 amide bonds. The van der Waals surface area contributed by atoms with Gasteiger partial charge in [0.25, 0.3) is 5.91 Å². The van der Waals surface area contributed by atoms with Gasteiger partial charge in [-0.05, 0) is 42.3 Å². The van der Waals surface area contributed by atoms with Crippen LogP contribution < -0.4 is 5.32 Å². The van der Waals surface area contributed by atoms with Gasteiger partial charge in [-0.2, -0.15) is 0 Å². The van der Waals surface area contributed by atoms with Crippen molar-refractivity contribution in [3.63, 3.8) is 0 Å². The van der Waals surface area contributed by atoms with Crippen LogP contribution in [-0.4, -0.2) is 30.9 Å². The average Bonchev–Trinajstić information content (AvgIpc) is 3.41. The van der Waals surface area contributed by atoms with Gasteiger partial charge >= 0.3 is 0 Å². The van der Waals surface area contributed by atoms with Gasteiger partial charge in [0.15, 0.2) is 0 Å². The summed E-state index contributed by atoms with van der Waals surface area (Å²) in [4.78, 5) is 20.9. The van der Waals surface area contributed by atoms with Gasteiger partial charge in [0.2, 0.25) is 0 Å². The van der Waals surface area contributed by atoms with Gasteiger partial charge in [-0.3, -0.25) is 4.79 Å². The van der Waals surface area contributed by atoms with Crippen molar-refractivity contribution in [2.24, 2.45) is 5.92 Å². The number of nitrogens with one attached hydrogen (secondary N) is 2. The first-order chi connectivity index (χ1) is 13.7. The Bertz CT molecular complexity index is 1030. The molecule has 4 aromatic rings. The third-order valence-electron chi connectivity index (χ3n) is 5.02. The van der Waals surface area contributed by atoms with E-state index in [1.165, 1.54) is 0 Å². The first-order valence-corrected chi connectivity index (χ1v) is 9.38. The van der Waals surface area contributed by atoms with E-state index in [0.29, 0.717) is 5.56 Å². The molecule has 2 heterocycles. The number of benzene rings is 2. The number of hydrogen-bond donors (Lipinski definition) is 2. The Kier molecular flexibility index (Phi) is 4.89. The molecule has 7 heteroatoms. The highest BCUT2D eigenvalue weighted by Crippen LogP contribution is 2.25. The van der Waals surface area contributed by atoms with E-state index in [9.17, 15) is 4.79 Å². The summed E-state index contributed by atoms with van der Waals surface area (Å²) in [7, 11) is 0. The van der Waals surface area contributed by atoms with Crippen LogP contribution >= 0.6 is 0 Å². The average molecular weight is 374 g/mol. The second kappa shape index (κ2) is 7.64. The zero-order chi connectivity index (χ0) is 19.5. The largest absolute Gasteiger partial charge is 0.342 e. The van der Waals surface area contributed by atoms with Crippen LogP contribution in [0, 0.1) is 5.92 Å². The Morgan fingerprint density at radius 2 is 1.96 bits per heavy atom. The molecule has 2 N–H and O–H groups in total. The number of hydrogen-bond acceptors (Lipinski definition) is 4. The smallest absolute Gasteiger partial charge is 0.251 e. The van der Waals surface area contributed by atoms with Crippen LogP contribution in [0.15, 0.2) is 60.9 Å². The van der Waals surface area contributed by atoms with E-state index >= 15 is 0 Å². The lowest BCUT2D eigenvalue weighted by molar-refractivity contribution is 0.0920. The standard InChI is InChI=1S/C21H22N6O/c1-3-14(2)19(20-23-17-6-4-5-7-18(17)24-20)25-21(28)15-8-10-16(11-9-15)27-13-12-22-26-27/h4-14,19H,3H2,1-2H3,(H,23,24)(H,25,28). The third-order valence-corrected chi connectivity index (χ3v) is 5.02. The van der Waals surface area contributed by atoms with Crippen LogP contribution in [0.1, 0.15) is 42.5 Å². The maximum Gasteiger partial charge on any atom is 0.251 e. The molecule has 0 aliphatic heterocycles. The summed E-state index contributed by atoms with van der Waals surface area (Å²) in [6, 6.07) is 15.0. The van der Waals surface area contributed by atoms with Crippen molar-refractivity contribution >= 4 is 16.9 Å². The van der Waals surface area contributed by atoms with Crippen LogP contribution in [-0.2, 0) is 0 Å². The molecule has 0 radical (unpaired) electrons. The van der Waals surface area contributed by atoms with Gasteiger partial charge in [0, 0.05) is 5.56 Å². The molecule has 0 aliphatic carbocycles. The van der Waals surface area contributed by atoms with Crippen LogP contribution in [0.2, 0.25) is 0 Å². The van der Waals surface area contributed by atoms with Crippen molar-refractivity contribution in [2.75, 3.05) is 0 Å². The van der Waals surface area contributed by atoms with Crippen molar-refractivity contribution in [1.29, 1.82) is 0 Å². The van der Waals surface area contributed by atoms with Crippen molar-refractivity contribution in [2.45, 2.75) is 26.3 Å². The fraction of sp³-hybridized carbons (Fsp3) is 0.238. The lowest BCUT2D eigenvalue weighted by Gasteiger charge is -2.22. The molecular formula is C21H22N6O. The molecule has 2 unspecified atom stereocenters. The molecule has 0 bridgehead atoms. The number of H-pyrrole nitrogens is 1. The first kappa shape index (κ1) is 17.9. The maximum atomic E-state index is 12.9. The summed E-state index contributed by atoms with van der Waals surface area (Å²) in [6.07, 6.45) is 4.30. The van der Waals surface area contributed by atoms with Gasteiger partial charge in [0.1, 0.15) is 5.82 Å². The van der Waals surface area contributed by atoms with Crippen molar-refractivity contribution < 1.29 is 4.79 Å². The number of carbonyl (C=O) groups is 1.